The monoisotopic (exact) mass is 315 g/mol. The maximum absolute atomic E-state index is 12.8. The Bertz CT molecular complexity index is 389. The molecule has 0 saturated heterocycles. The van der Waals surface area contributed by atoms with Crippen LogP contribution in [-0.4, -0.2) is 52.9 Å². The van der Waals surface area contributed by atoms with Crippen LogP contribution in [0.5, 0.6) is 0 Å². The molecule has 4 atom stereocenters. The van der Waals surface area contributed by atoms with Crippen LogP contribution < -0.4 is 5.32 Å². The van der Waals surface area contributed by atoms with Gasteiger partial charge in [0.2, 0.25) is 0 Å². The van der Waals surface area contributed by atoms with Crippen LogP contribution >= 0.6 is 0 Å². The van der Waals surface area contributed by atoms with E-state index in [1.165, 1.54) is 31.8 Å². The minimum absolute atomic E-state index is 0.148. The van der Waals surface area contributed by atoms with E-state index in [1.807, 2.05) is 0 Å². The number of hydrogen-bond donors (Lipinski definition) is 4. The fraction of sp³-hybridized carbons (Fsp3) is 0.882. The summed E-state index contributed by atoms with van der Waals surface area (Å²) in [4.78, 5) is 0. The molecule has 0 spiro atoms. The van der Waals surface area contributed by atoms with Crippen molar-refractivity contribution in [2.45, 2.75) is 70.3 Å². The highest BCUT2D eigenvalue weighted by molar-refractivity contribution is 5.21. The van der Waals surface area contributed by atoms with Gasteiger partial charge in [-0.15, -0.1) is 0 Å². The molecule has 2 aliphatic carbocycles. The number of aliphatic hydroxyl groups excluding tert-OH is 3. The van der Waals surface area contributed by atoms with Gasteiger partial charge in [0.1, 0.15) is 25.0 Å². The highest BCUT2D eigenvalue weighted by Gasteiger charge is 2.37. The van der Waals surface area contributed by atoms with Crippen molar-refractivity contribution >= 4 is 0 Å². The zero-order chi connectivity index (χ0) is 16.3. The van der Waals surface area contributed by atoms with Crippen LogP contribution in [0.15, 0.2) is 11.6 Å². The van der Waals surface area contributed by atoms with Gasteiger partial charge in [0.15, 0.2) is 0 Å². The van der Waals surface area contributed by atoms with E-state index in [-0.39, 0.29) is 5.57 Å². The van der Waals surface area contributed by atoms with Gasteiger partial charge >= 0.3 is 0 Å². The smallest absolute Gasteiger partial charge is 0.113 e. The molecule has 1 fully saturated rings. The molecule has 0 radical (unpaired) electrons. The Morgan fingerprint density at radius 3 is 2.41 bits per heavy atom. The van der Waals surface area contributed by atoms with Crippen molar-refractivity contribution in [3.63, 3.8) is 0 Å². The third kappa shape index (κ3) is 4.28. The second kappa shape index (κ2) is 7.39. The molecule has 2 rings (SSSR count). The molecule has 0 amide bonds. The lowest BCUT2D eigenvalue weighted by Gasteiger charge is -2.36. The molecule has 4 nitrogen and oxygen atoms in total. The number of halogens is 1. The van der Waals surface area contributed by atoms with Crippen molar-refractivity contribution in [2.24, 2.45) is 11.3 Å². The van der Waals surface area contributed by atoms with Gasteiger partial charge in [-0.2, -0.15) is 0 Å². The molecule has 0 aromatic carbocycles. The highest BCUT2D eigenvalue weighted by Crippen LogP contribution is 2.39. The van der Waals surface area contributed by atoms with Gasteiger partial charge in [0.05, 0.1) is 6.04 Å². The molecule has 5 heteroatoms. The molecular weight excluding hydrogens is 285 g/mol. The van der Waals surface area contributed by atoms with Gasteiger partial charge in [-0.05, 0) is 55.6 Å². The maximum Gasteiger partial charge on any atom is 0.113 e. The Morgan fingerprint density at radius 1 is 1.18 bits per heavy atom. The fourth-order valence-corrected chi connectivity index (χ4v) is 3.55. The van der Waals surface area contributed by atoms with Crippen molar-refractivity contribution in [1.82, 2.24) is 5.32 Å². The molecule has 0 bridgehead atoms. The molecule has 0 aromatic heterocycles. The average molecular weight is 315 g/mol. The van der Waals surface area contributed by atoms with Gasteiger partial charge in [0, 0.05) is 0 Å². The normalized spacial score (nSPS) is 36.2. The van der Waals surface area contributed by atoms with E-state index in [2.05, 4.69) is 19.2 Å². The predicted octanol–water partition coefficient (Wildman–Crippen LogP) is 1.54. The van der Waals surface area contributed by atoms with Gasteiger partial charge in [-0.1, -0.05) is 19.9 Å². The van der Waals surface area contributed by atoms with Crippen molar-refractivity contribution < 1.29 is 19.7 Å². The number of nitrogens with one attached hydrogen (secondary N) is 1. The van der Waals surface area contributed by atoms with Crippen molar-refractivity contribution in [3.8, 4) is 0 Å². The first-order valence-corrected chi connectivity index (χ1v) is 8.38. The quantitative estimate of drug-likeness (QED) is 0.581. The zero-order valence-electron chi connectivity index (χ0n) is 13.6. The van der Waals surface area contributed by atoms with Gasteiger partial charge in [0.25, 0.3) is 0 Å². The maximum atomic E-state index is 12.8. The summed E-state index contributed by atoms with van der Waals surface area (Å²) in [6.45, 7) is 4.55. The van der Waals surface area contributed by atoms with Crippen LogP contribution in [0, 0.1) is 11.3 Å². The molecule has 1 saturated carbocycles. The lowest BCUT2D eigenvalue weighted by molar-refractivity contribution is -0.0630. The van der Waals surface area contributed by atoms with Crippen LogP contribution in [0.1, 0.15) is 46.0 Å². The lowest BCUT2D eigenvalue weighted by atomic mass is 9.72. The summed E-state index contributed by atoms with van der Waals surface area (Å²) < 4.78 is 12.8. The number of hydrogen-bond acceptors (Lipinski definition) is 4. The molecule has 22 heavy (non-hydrogen) atoms. The van der Waals surface area contributed by atoms with Gasteiger partial charge in [-0.25, -0.2) is 4.39 Å². The molecule has 128 valence electrons. The summed E-state index contributed by atoms with van der Waals surface area (Å²) in [7, 11) is 0. The second-order valence-corrected chi connectivity index (χ2v) is 7.68. The zero-order valence-corrected chi connectivity index (χ0v) is 13.6. The van der Waals surface area contributed by atoms with E-state index in [9.17, 15) is 19.7 Å². The highest BCUT2D eigenvalue weighted by atomic mass is 19.1. The first-order chi connectivity index (χ1) is 10.3. The first-order valence-electron chi connectivity index (χ1n) is 8.38. The van der Waals surface area contributed by atoms with Crippen LogP contribution in [0.3, 0.4) is 0 Å². The molecule has 0 unspecified atom stereocenters. The summed E-state index contributed by atoms with van der Waals surface area (Å²) in [6.07, 6.45) is 3.77. The van der Waals surface area contributed by atoms with E-state index in [0.29, 0.717) is 11.3 Å². The van der Waals surface area contributed by atoms with E-state index in [4.69, 9.17) is 0 Å². The van der Waals surface area contributed by atoms with Crippen LogP contribution in [-0.2, 0) is 0 Å². The van der Waals surface area contributed by atoms with E-state index in [0.717, 1.165) is 13.0 Å². The Morgan fingerprint density at radius 2 is 1.82 bits per heavy atom. The Hall–Kier alpha value is -0.490. The summed E-state index contributed by atoms with van der Waals surface area (Å²) >= 11 is 0. The van der Waals surface area contributed by atoms with Crippen LogP contribution in [0.4, 0.5) is 4.39 Å². The SMILES string of the molecule is CC1(C)CCC(CCN[C@@H]2C=C(CF)[C@H](O)[C@H](O)[C@H]2O)CC1. The fourth-order valence-electron chi connectivity index (χ4n) is 3.55. The Kier molecular flexibility index (Phi) is 6.00. The summed E-state index contributed by atoms with van der Waals surface area (Å²) in [5.41, 5.74) is 0.609. The minimum Gasteiger partial charge on any atom is -0.388 e. The molecule has 0 aliphatic heterocycles. The largest absolute Gasteiger partial charge is 0.388 e. The molecular formula is C17H30FNO3. The van der Waals surface area contributed by atoms with Crippen molar-refractivity contribution in [2.75, 3.05) is 13.2 Å². The van der Waals surface area contributed by atoms with E-state index >= 15 is 0 Å². The van der Waals surface area contributed by atoms with Crippen molar-refractivity contribution in [1.29, 1.82) is 0 Å². The summed E-state index contributed by atoms with van der Waals surface area (Å²) in [6, 6.07) is -0.496. The number of aliphatic hydroxyl groups is 3. The van der Waals surface area contributed by atoms with Crippen LogP contribution in [0.25, 0.3) is 0 Å². The summed E-state index contributed by atoms with van der Waals surface area (Å²) in [5, 5.41) is 32.6. The molecule has 4 N–H and O–H groups in total. The molecule has 0 aromatic rings. The van der Waals surface area contributed by atoms with E-state index in [1.54, 1.807) is 0 Å². The first kappa shape index (κ1) is 17.9. The molecule has 0 heterocycles. The van der Waals surface area contributed by atoms with Crippen LogP contribution in [0.2, 0.25) is 0 Å². The summed E-state index contributed by atoms with van der Waals surface area (Å²) in [5.74, 6) is 0.696. The topological polar surface area (TPSA) is 72.7 Å². The molecule has 2 aliphatic rings. The predicted molar refractivity (Wildman–Crippen MR) is 84.2 cm³/mol. The van der Waals surface area contributed by atoms with Gasteiger partial charge < -0.3 is 20.6 Å². The van der Waals surface area contributed by atoms with E-state index < -0.39 is 31.0 Å². The number of rotatable bonds is 5. The Labute approximate surface area is 132 Å². The second-order valence-electron chi connectivity index (χ2n) is 7.68. The van der Waals surface area contributed by atoms with Gasteiger partial charge in [-0.3, -0.25) is 0 Å². The minimum atomic E-state index is -1.33. The number of alkyl halides is 1. The standard InChI is InChI=1S/C17H30FNO3/c1-17(2)6-3-11(4-7-17)5-8-19-13-9-12(10-18)14(20)16(22)15(13)21/h9,11,13-16,19-22H,3-8,10H2,1-2H3/t13-,14+,15+,16+/m1/s1. The average Bonchev–Trinajstić information content (AvgIpc) is 2.49. The van der Waals surface area contributed by atoms with Crippen molar-refractivity contribution in [3.05, 3.63) is 11.6 Å². The Balaban J connectivity index is 1.80. The third-order valence-corrected chi connectivity index (χ3v) is 5.36. The third-order valence-electron chi connectivity index (χ3n) is 5.36. The lowest BCUT2D eigenvalue weighted by Crippen LogP contribution is -2.54.